The number of aromatic nitrogens is 1. The highest BCUT2D eigenvalue weighted by atomic mass is 35.5. The van der Waals surface area contributed by atoms with E-state index in [1.165, 1.54) is 0 Å². The molecule has 0 bridgehead atoms. The Bertz CT molecular complexity index is 535. The molecule has 100 valence electrons. The molecule has 5 heteroatoms. The van der Waals surface area contributed by atoms with Crippen molar-refractivity contribution < 1.29 is 0 Å². The Morgan fingerprint density at radius 2 is 1.89 bits per heavy atom. The van der Waals surface area contributed by atoms with Gasteiger partial charge < -0.3 is 10.6 Å². The maximum atomic E-state index is 6.19. The summed E-state index contributed by atoms with van der Waals surface area (Å²) >= 11 is 12.4. The molecule has 1 aromatic heterocycles. The van der Waals surface area contributed by atoms with Crippen LogP contribution in [0.3, 0.4) is 0 Å². The number of pyridine rings is 1. The maximum Gasteiger partial charge on any atom is 0.0744 e. The van der Waals surface area contributed by atoms with Gasteiger partial charge in [0, 0.05) is 37.6 Å². The molecule has 0 aliphatic carbocycles. The minimum absolute atomic E-state index is 0.563. The van der Waals surface area contributed by atoms with Crippen molar-refractivity contribution in [3.8, 4) is 0 Å². The zero-order valence-corrected chi connectivity index (χ0v) is 12.1. The average Bonchev–Trinajstić information content (AvgIpc) is 2.36. The maximum absolute atomic E-state index is 6.19. The zero-order valence-electron chi connectivity index (χ0n) is 10.6. The number of nitrogens with zero attached hydrogens (tertiary/aromatic N) is 2. The van der Waals surface area contributed by atoms with Crippen molar-refractivity contribution in [2.75, 3.05) is 24.2 Å². The van der Waals surface area contributed by atoms with Gasteiger partial charge in [-0.15, -0.1) is 0 Å². The van der Waals surface area contributed by atoms with E-state index in [0.717, 1.165) is 24.3 Å². The molecule has 0 spiro atoms. The number of nitrogens with two attached hydrogens (primary N) is 1. The highest BCUT2D eigenvalue weighted by Gasteiger charge is 2.12. The number of hydrogen-bond donors (Lipinski definition) is 1. The Morgan fingerprint density at radius 1 is 1.21 bits per heavy atom. The van der Waals surface area contributed by atoms with Crippen molar-refractivity contribution in [3.63, 3.8) is 0 Å². The molecule has 3 nitrogen and oxygen atoms in total. The lowest BCUT2D eigenvalue weighted by Crippen LogP contribution is -2.21. The van der Waals surface area contributed by atoms with Gasteiger partial charge in [0.05, 0.1) is 15.7 Å². The van der Waals surface area contributed by atoms with Crippen molar-refractivity contribution in [2.24, 2.45) is 0 Å². The van der Waals surface area contributed by atoms with Crippen LogP contribution in [0.5, 0.6) is 0 Å². The number of hydrogen-bond acceptors (Lipinski definition) is 3. The van der Waals surface area contributed by atoms with E-state index in [1.807, 2.05) is 30.1 Å². The van der Waals surface area contributed by atoms with Gasteiger partial charge in [-0.3, -0.25) is 4.98 Å². The fraction of sp³-hybridized carbons (Fsp3) is 0.214. The minimum atomic E-state index is 0.563. The number of benzene rings is 1. The summed E-state index contributed by atoms with van der Waals surface area (Å²) in [5.41, 5.74) is 8.10. The second-order valence-corrected chi connectivity index (χ2v) is 5.14. The first kappa shape index (κ1) is 14.0. The summed E-state index contributed by atoms with van der Waals surface area (Å²) in [4.78, 5) is 6.30. The lowest BCUT2D eigenvalue weighted by molar-refractivity contribution is 0.853. The summed E-state index contributed by atoms with van der Waals surface area (Å²) in [6.07, 6.45) is 2.62. The lowest BCUT2D eigenvalue weighted by Gasteiger charge is -2.22. The van der Waals surface area contributed by atoms with E-state index in [1.54, 1.807) is 18.3 Å². The monoisotopic (exact) mass is 295 g/mol. The Balaban J connectivity index is 2.10. The normalized spacial score (nSPS) is 10.5. The zero-order chi connectivity index (χ0) is 13.8. The van der Waals surface area contributed by atoms with E-state index in [4.69, 9.17) is 28.9 Å². The second-order valence-electron chi connectivity index (χ2n) is 4.33. The molecule has 2 rings (SSSR count). The first-order valence-corrected chi connectivity index (χ1v) is 6.69. The number of likely N-dealkylation sites (N-methyl/N-ethyl adjacent to an activating group) is 1. The van der Waals surface area contributed by atoms with Crippen molar-refractivity contribution in [1.29, 1.82) is 0 Å². The fourth-order valence-corrected chi connectivity index (χ4v) is 2.68. The van der Waals surface area contributed by atoms with E-state index in [2.05, 4.69) is 4.98 Å². The third-order valence-electron chi connectivity index (χ3n) is 2.85. The summed E-state index contributed by atoms with van der Waals surface area (Å²) in [6.45, 7) is 0.778. The van der Waals surface area contributed by atoms with E-state index >= 15 is 0 Å². The van der Waals surface area contributed by atoms with Gasteiger partial charge in [0.2, 0.25) is 0 Å². The summed E-state index contributed by atoms with van der Waals surface area (Å²) in [6, 6.07) is 9.30. The Morgan fingerprint density at radius 3 is 2.47 bits per heavy atom. The first-order chi connectivity index (χ1) is 9.08. The smallest absolute Gasteiger partial charge is 0.0744 e. The molecule has 1 aromatic carbocycles. The minimum Gasteiger partial charge on any atom is -0.399 e. The van der Waals surface area contributed by atoms with Crippen LogP contribution in [0.25, 0.3) is 0 Å². The van der Waals surface area contributed by atoms with Gasteiger partial charge in [-0.05, 0) is 24.3 Å². The van der Waals surface area contributed by atoms with Crippen LogP contribution in [0.15, 0.2) is 36.5 Å². The molecule has 0 radical (unpaired) electrons. The summed E-state index contributed by atoms with van der Waals surface area (Å²) in [5, 5.41) is 1.13. The molecule has 0 fully saturated rings. The summed E-state index contributed by atoms with van der Waals surface area (Å²) in [5.74, 6) is 0. The Labute approximate surface area is 123 Å². The van der Waals surface area contributed by atoms with Gasteiger partial charge in [-0.25, -0.2) is 0 Å². The standard InChI is InChI=1S/C14H15Cl2N3/c1-19(7-5-11-4-2-3-6-18-11)14-12(15)8-10(17)9-13(14)16/h2-4,6,8-9H,5,7,17H2,1H3. The van der Waals surface area contributed by atoms with Crippen molar-refractivity contribution in [3.05, 3.63) is 52.3 Å². The molecule has 0 aliphatic rings. The molecule has 0 amide bonds. The number of nitrogen functional groups attached to an aromatic ring is 1. The molecular formula is C14H15Cl2N3. The lowest BCUT2D eigenvalue weighted by atomic mass is 10.2. The van der Waals surface area contributed by atoms with Crippen molar-refractivity contribution in [2.45, 2.75) is 6.42 Å². The van der Waals surface area contributed by atoms with Crippen LogP contribution in [-0.4, -0.2) is 18.6 Å². The Kier molecular flexibility index (Phi) is 4.51. The molecule has 2 aromatic rings. The van der Waals surface area contributed by atoms with Crippen LogP contribution < -0.4 is 10.6 Å². The molecule has 1 heterocycles. The van der Waals surface area contributed by atoms with Gasteiger partial charge >= 0.3 is 0 Å². The third-order valence-corrected chi connectivity index (χ3v) is 3.43. The third kappa shape index (κ3) is 3.52. The molecule has 0 unspecified atom stereocenters. The molecule has 0 saturated carbocycles. The van der Waals surface area contributed by atoms with Crippen LogP contribution >= 0.6 is 23.2 Å². The molecular weight excluding hydrogens is 281 g/mol. The topological polar surface area (TPSA) is 42.2 Å². The quantitative estimate of drug-likeness (QED) is 0.876. The van der Waals surface area contributed by atoms with E-state index < -0.39 is 0 Å². The molecule has 2 N–H and O–H groups in total. The largest absolute Gasteiger partial charge is 0.399 e. The number of rotatable bonds is 4. The number of anilines is 2. The van der Waals surface area contributed by atoms with Crippen LogP contribution in [0.2, 0.25) is 10.0 Å². The Hall–Kier alpha value is -1.45. The van der Waals surface area contributed by atoms with E-state index in [-0.39, 0.29) is 0 Å². The molecule has 0 aliphatic heterocycles. The van der Waals surface area contributed by atoms with Crippen molar-refractivity contribution in [1.82, 2.24) is 4.98 Å². The summed E-state index contributed by atoms with van der Waals surface area (Å²) in [7, 11) is 1.95. The van der Waals surface area contributed by atoms with E-state index in [9.17, 15) is 0 Å². The van der Waals surface area contributed by atoms with Crippen LogP contribution in [0, 0.1) is 0 Å². The van der Waals surface area contributed by atoms with Gasteiger partial charge in [-0.2, -0.15) is 0 Å². The van der Waals surface area contributed by atoms with Gasteiger partial charge in [0.1, 0.15) is 0 Å². The highest BCUT2D eigenvalue weighted by Crippen LogP contribution is 2.35. The molecule has 0 atom stereocenters. The predicted molar refractivity (Wildman–Crippen MR) is 82.1 cm³/mol. The van der Waals surface area contributed by atoms with E-state index in [0.29, 0.717) is 15.7 Å². The van der Waals surface area contributed by atoms with Gasteiger partial charge in [0.25, 0.3) is 0 Å². The number of halogens is 2. The molecule has 0 saturated heterocycles. The molecule has 19 heavy (non-hydrogen) atoms. The van der Waals surface area contributed by atoms with Gasteiger partial charge in [-0.1, -0.05) is 29.3 Å². The fourth-order valence-electron chi connectivity index (χ4n) is 1.89. The van der Waals surface area contributed by atoms with Crippen LogP contribution in [-0.2, 0) is 6.42 Å². The SMILES string of the molecule is CN(CCc1ccccn1)c1c(Cl)cc(N)cc1Cl. The summed E-state index contributed by atoms with van der Waals surface area (Å²) < 4.78 is 0. The van der Waals surface area contributed by atoms with Gasteiger partial charge in [0.15, 0.2) is 0 Å². The van der Waals surface area contributed by atoms with Crippen LogP contribution in [0.1, 0.15) is 5.69 Å². The van der Waals surface area contributed by atoms with Crippen LogP contribution in [0.4, 0.5) is 11.4 Å². The average molecular weight is 296 g/mol. The predicted octanol–water partition coefficient (Wildman–Crippen LogP) is 3.65. The van der Waals surface area contributed by atoms with Crippen molar-refractivity contribution >= 4 is 34.6 Å². The highest BCUT2D eigenvalue weighted by molar-refractivity contribution is 6.39. The first-order valence-electron chi connectivity index (χ1n) is 5.93. The second kappa shape index (κ2) is 6.13.